The number of rotatable bonds is 6. The summed E-state index contributed by atoms with van der Waals surface area (Å²) in [4.78, 5) is 25.9. The molecule has 1 atom stereocenters. The summed E-state index contributed by atoms with van der Waals surface area (Å²) in [6.07, 6.45) is 0.990. The fourth-order valence-electron chi connectivity index (χ4n) is 2.82. The van der Waals surface area contributed by atoms with E-state index in [-0.39, 0.29) is 18.2 Å². The van der Waals surface area contributed by atoms with E-state index in [1.54, 1.807) is 19.2 Å². The van der Waals surface area contributed by atoms with Gasteiger partial charge < -0.3 is 10.1 Å². The molecule has 3 rings (SSSR count). The average Bonchev–Trinajstić information content (AvgIpc) is 2.90. The summed E-state index contributed by atoms with van der Waals surface area (Å²) in [5.74, 6) is 0.482. The maximum atomic E-state index is 12.5. The van der Waals surface area contributed by atoms with Crippen LogP contribution in [0.2, 0.25) is 0 Å². The molecule has 1 fully saturated rings. The van der Waals surface area contributed by atoms with Crippen LogP contribution in [0.15, 0.2) is 54.6 Å². The van der Waals surface area contributed by atoms with Gasteiger partial charge >= 0.3 is 0 Å². The molecular weight excluding hydrogens is 304 g/mol. The van der Waals surface area contributed by atoms with Gasteiger partial charge in [0.25, 0.3) is 5.91 Å². The van der Waals surface area contributed by atoms with Crippen molar-refractivity contribution < 1.29 is 14.3 Å². The number of imide groups is 1. The first-order valence-corrected chi connectivity index (χ1v) is 7.97. The highest BCUT2D eigenvalue weighted by atomic mass is 16.5. The minimum absolute atomic E-state index is 0.159. The lowest BCUT2D eigenvalue weighted by Gasteiger charge is -2.15. The molecular formula is C19H20N2O3. The van der Waals surface area contributed by atoms with Crippen LogP contribution in [0.25, 0.3) is 0 Å². The molecule has 5 heteroatoms. The lowest BCUT2D eigenvalue weighted by Crippen LogP contribution is -2.39. The summed E-state index contributed by atoms with van der Waals surface area (Å²) in [5.41, 5.74) is 1.78. The summed E-state index contributed by atoms with van der Waals surface area (Å²) in [6.45, 7) is 0.638. The van der Waals surface area contributed by atoms with Crippen LogP contribution in [0.1, 0.15) is 12.0 Å². The minimum Gasteiger partial charge on any atom is -0.497 e. The Bertz CT molecular complexity index is 713. The number of anilines is 1. The summed E-state index contributed by atoms with van der Waals surface area (Å²) in [7, 11) is 1.64. The topological polar surface area (TPSA) is 58.6 Å². The Morgan fingerprint density at radius 2 is 1.79 bits per heavy atom. The Morgan fingerprint density at radius 1 is 1.08 bits per heavy atom. The van der Waals surface area contributed by atoms with Gasteiger partial charge in [-0.1, -0.05) is 30.3 Å². The van der Waals surface area contributed by atoms with Crippen LogP contribution in [0.4, 0.5) is 5.69 Å². The molecule has 24 heavy (non-hydrogen) atoms. The smallest absolute Gasteiger partial charge is 0.251 e. The molecule has 124 valence electrons. The summed E-state index contributed by atoms with van der Waals surface area (Å²) in [6, 6.07) is 16.4. The standard InChI is InChI=1S/C19H20N2O3/c1-24-16-9-7-14(8-10-16)11-12-20-17-13-18(22)21(19(17)23)15-5-3-2-4-6-15/h2-10,17,20H,11-13H2,1H3. The van der Waals surface area contributed by atoms with E-state index in [1.807, 2.05) is 42.5 Å². The van der Waals surface area contributed by atoms with Gasteiger partial charge in [0.1, 0.15) is 5.75 Å². The number of nitrogens with one attached hydrogen (secondary N) is 1. The number of carbonyl (C=O) groups excluding carboxylic acids is 2. The van der Waals surface area contributed by atoms with Crippen LogP contribution in [0.5, 0.6) is 5.75 Å². The Kier molecular flexibility index (Phi) is 4.91. The van der Waals surface area contributed by atoms with Crippen molar-refractivity contribution in [1.82, 2.24) is 5.32 Å². The van der Waals surface area contributed by atoms with E-state index < -0.39 is 6.04 Å². The van der Waals surface area contributed by atoms with E-state index >= 15 is 0 Å². The normalized spacial score (nSPS) is 17.4. The van der Waals surface area contributed by atoms with Crippen molar-refractivity contribution in [2.45, 2.75) is 18.9 Å². The molecule has 0 radical (unpaired) electrons. The molecule has 2 aromatic carbocycles. The molecule has 0 aliphatic carbocycles. The highest BCUT2D eigenvalue weighted by Gasteiger charge is 2.38. The third-order valence-electron chi connectivity index (χ3n) is 4.12. The van der Waals surface area contributed by atoms with E-state index in [4.69, 9.17) is 4.74 Å². The zero-order chi connectivity index (χ0) is 16.9. The van der Waals surface area contributed by atoms with Gasteiger partial charge in [-0.25, -0.2) is 4.90 Å². The molecule has 0 saturated carbocycles. The first kappa shape index (κ1) is 16.2. The number of carbonyl (C=O) groups is 2. The SMILES string of the molecule is COc1ccc(CCNC2CC(=O)N(c3ccccc3)C2=O)cc1. The largest absolute Gasteiger partial charge is 0.497 e. The average molecular weight is 324 g/mol. The number of para-hydroxylation sites is 1. The Morgan fingerprint density at radius 3 is 2.46 bits per heavy atom. The summed E-state index contributed by atoms with van der Waals surface area (Å²) >= 11 is 0. The molecule has 2 amide bonds. The lowest BCUT2D eigenvalue weighted by atomic mass is 10.1. The molecule has 2 aromatic rings. The van der Waals surface area contributed by atoms with Crippen molar-refractivity contribution in [3.63, 3.8) is 0 Å². The number of amides is 2. The molecule has 1 aliphatic rings. The van der Waals surface area contributed by atoms with Crippen molar-refractivity contribution in [3.05, 3.63) is 60.2 Å². The van der Waals surface area contributed by atoms with Crippen molar-refractivity contribution in [2.24, 2.45) is 0 Å². The maximum Gasteiger partial charge on any atom is 0.251 e. The molecule has 0 bridgehead atoms. The minimum atomic E-state index is -0.448. The highest BCUT2D eigenvalue weighted by Crippen LogP contribution is 2.22. The predicted octanol–water partition coefficient (Wildman–Crippen LogP) is 2.16. The number of hydrogen-bond donors (Lipinski definition) is 1. The number of methoxy groups -OCH3 is 1. The van der Waals surface area contributed by atoms with Gasteiger partial charge in [0.05, 0.1) is 25.3 Å². The molecule has 1 N–H and O–H groups in total. The lowest BCUT2D eigenvalue weighted by molar-refractivity contribution is -0.121. The molecule has 1 aliphatic heterocycles. The Balaban J connectivity index is 1.56. The van der Waals surface area contributed by atoms with Gasteiger partial charge in [-0.3, -0.25) is 9.59 Å². The maximum absolute atomic E-state index is 12.5. The van der Waals surface area contributed by atoms with Crippen LogP contribution in [0.3, 0.4) is 0 Å². The number of benzene rings is 2. The van der Waals surface area contributed by atoms with Gasteiger partial charge in [-0.15, -0.1) is 0 Å². The number of nitrogens with zero attached hydrogens (tertiary/aromatic N) is 1. The van der Waals surface area contributed by atoms with E-state index in [0.29, 0.717) is 12.2 Å². The number of hydrogen-bond acceptors (Lipinski definition) is 4. The van der Waals surface area contributed by atoms with Crippen LogP contribution < -0.4 is 15.0 Å². The van der Waals surface area contributed by atoms with E-state index in [9.17, 15) is 9.59 Å². The Labute approximate surface area is 141 Å². The number of ether oxygens (including phenoxy) is 1. The molecule has 5 nitrogen and oxygen atoms in total. The predicted molar refractivity (Wildman–Crippen MR) is 92.0 cm³/mol. The van der Waals surface area contributed by atoms with Crippen LogP contribution in [0, 0.1) is 0 Å². The van der Waals surface area contributed by atoms with E-state index in [1.165, 1.54) is 4.90 Å². The van der Waals surface area contributed by atoms with E-state index in [2.05, 4.69) is 5.32 Å². The highest BCUT2D eigenvalue weighted by molar-refractivity contribution is 6.22. The van der Waals surface area contributed by atoms with Gasteiger partial charge in [-0.2, -0.15) is 0 Å². The monoisotopic (exact) mass is 324 g/mol. The third-order valence-corrected chi connectivity index (χ3v) is 4.12. The fraction of sp³-hybridized carbons (Fsp3) is 0.263. The van der Waals surface area contributed by atoms with Crippen LogP contribution in [-0.2, 0) is 16.0 Å². The zero-order valence-corrected chi connectivity index (χ0v) is 13.6. The van der Waals surface area contributed by atoms with Crippen molar-refractivity contribution in [3.8, 4) is 5.75 Å². The van der Waals surface area contributed by atoms with E-state index in [0.717, 1.165) is 17.7 Å². The molecule has 1 saturated heterocycles. The molecule has 1 heterocycles. The van der Waals surface area contributed by atoms with Gasteiger partial charge in [0, 0.05) is 0 Å². The second-order valence-corrected chi connectivity index (χ2v) is 5.71. The molecule has 0 spiro atoms. The first-order chi connectivity index (χ1) is 11.7. The van der Waals surface area contributed by atoms with Crippen molar-refractivity contribution >= 4 is 17.5 Å². The third kappa shape index (κ3) is 3.46. The quantitative estimate of drug-likeness (QED) is 0.827. The molecule has 1 unspecified atom stereocenters. The van der Waals surface area contributed by atoms with Crippen LogP contribution in [-0.4, -0.2) is 31.5 Å². The second kappa shape index (κ2) is 7.27. The Hall–Kier alpha value is -2.66. The fourth-order valence-corrected chi connectivity index (χ4v) is 2.82. The van der Waals surface area contributed by atoms with Gasteiger partial charge in [-0.05, 0) is 42.8 Å². The van der Waals surface area contributed by atoms with Gasteiger partial charge in [0.2, 0.25) is 5.91 Å². The van der Waals surface area contributed by atoms with Crippen molar-refractivity contribution in [2.75, 3.05) is 18.6 Å². The van der Waals surface area contributed by atoms with Crippen molar-refractivity contribution in [1.29, 1.82) is 0 Å². The summed E-state index contributed by atoms with van der Waals surface area (Å²) < 4.78 is 5.13. The first-order valence-electron chi connectivity index (χ1n) is 7.97. The second-order valence-electron chi connectivity index (χ2n) is 5.71. The zero-order valence-electron chi connectivity index (χ0n) is 13.6. The molecule has 0 aromatic heterocycles. The summed E-state index contributed by atoms with van der Waals surface area (Å²) in [5, 5.41) is 3.20. The van der Waals surface area contributed by atoms with Gasteiger partial charge in [0.15, 0.2) is 0 Å². The van der Waals surface area contributed by atoms with Crippen LogP contribution >= 0.6 is 0 Å².